The molecule has 2 aromatic rings. The van der Waals surface area contributed by atoms with Crippen LogP contribution in [-0.4, -0.2) is 28.2 Å². The maximum Gasteiger partial charge on any atom is 0.354 e. The highest BCUT2D eigenvalue weighted by atomic mass is 16.5. The smallest absolute Gasteiger partial charge is 0.354 e. The van der Waals surface area contributed by atoms with Crippen molar-refractivity contribution in [3.63, 3.8) is 0 Å². The van der Waals surface area contributed by atoms with Crippen LogP contribution in [0, 0.1) is 0 Å². The van der Waals surface area contributed by atoms with Gasteiger partial charge in [-0.15, -0.1) is 0 Å². The predicted molar refractivity (Wildman–Crippen MR) is 70.4 cm³/mol. The molecule has 1 aliphatic rings. The lowest BCUT2D eigenvalue weighted by atomic mass is 9.93. The third-order valence-corrected chi connectivity index (χ3v) is 3.73. The minimum absolute atomic E-state index is 0.0988. The molecule has 3 rings (SSSR count). The normalized spacial score (nSPS) is 14.6. The van der Waals surface area contributed by atoms with Gasteiger partial charge in [-0.1, -0.05) is 0 Å². The number of nitrogens with one attached hydrogen (secondary N) is 1. The van der Waals surface area contributed by atoms with Gasteiger partial charge in [0, 0.05) is 23.8 Å². The van der Waals surface area contributed by atoms with Crippen LogP contribution in [0.5, 0.6) is 0 Å². The van der Waals surface area contributed by atoms with Crippen LogP contribution in [0.3, 0.4) is 0 Å². The summed E-state index contributed by atoms with van der Waals surface area (Å²) in [5.74, 6) is -1.00. The minimum Gasteiger partial charge on any atom is -0.477 e. The number of aromatic amines is 1. The lowest BCUT2D eigenvalue weighted by molar-refractivity contribution is 0.0685. The molecule has 0 atom stereocenters. The Morgan fingerprint density at radius 1 is 1.47 bits per heavy atom. The molecule has 0 radical (unpaired) electrons. The van der Waals surface area contributed by atoms with Crippen LogP contribution >= 0.6 is 0 Å². The highest BCUT2D eigenvalue weighted by molar-refractivity contribution is 5.96. The molecule has 2 aromatic heterocycles. The van der Waals surface area contributed by atoms with Crippen molar-refractivity contribution in [2.24, 2.45) is 0 Å². The molecule has 0 bridgehead atoms. The van der Waals surface area contributed by atoms with Crippen molar-refractivity contribution in [3.8, 4) is 0 Å². The molecular weight excluding hydrogens is 244 g/mol. The van der Waals surface area contributed by atoms with Gasteiger partial charge >= 0.3 is 5.97 Å². The minimum atomic E-state index is -1.00. The van der Waals surface area contributed by atoms with Crippen molar-refractivity contribution in [2.45, 2.75) is 32.3 Å². The van der Waals surface area contributed by atoms with E-state index in [-0.39, 0.29) is 12.3 Å². The Balaban J connectivity index is 2.31. The SMILES string of the molecule is COCc1c(C(=O)O)ncc2[nH]c3c(c12)CCCC3. The van der Waals surface area contributed by atoms with Gasteiger partial charge in [0.2, 0.25) is 0 Å². The average Bonchev–Trinajstić information content (AvgIpc) is 2.77. The van der Waals surface area contributed by atoms with Crippen LogP contribution < -0.4 is 0 Å². The highest BCUT2D eigenvalue weighted by Gasteiger charge is 2.22. The Kier molecular flexibility index (Phi) is 2.98. The second-order valence-corrected chi connectivity index (χ2v) is 4.90. The van der Waals surface area contributed by atoms with Crippen molar-refractivity contribution in [3.05, 3.63) is 28.7 Å². The van der Waals surface area contributed by atoms with Crippen molar-refractivity contribution in [2.75, 3.05) is 7.11 Å². The quantitative estimate of drug-likeness (QED) is 0.887. The monoisotopic (exact) mass is 260 g/mol. The molecule has 1 aliphatic carbocycles. The number of aryl methyl sites for hydroxylation is 2. The number of hydrogen-bond acceptors (Lipinski definition) is 3. The van der Waals surface area contributed by atoms with Crippen LogP contribution in [0.25, 0.3) is 10.9 Å². The molecule has 0 fully saturated rings. The Hall–Kier alpha value is -1.88. The van der Waals surface area contributed by atoms with Crippen molar-refractivity contribution in [1.29, 1.82) is 0 Å². The third-order valence-electron chi connectivity index (χ3n) is 3.73. The number of aromatic carboxylic acids is 1. The fourth-order valence-corrected chi connectivity index (χ4v) is 2.94. The largest absolute Gasteiger partial charge is 0.477 e. The number of aromatic nitrogens is 2. The molecule has 0 amide bonds. The van der Waals surface area contributed by atoms with E-state index in [1.807, 2.05) is 0 Å². The number of carboxylic acids is 1. The first-order chi connectivity index (χ1) is 9.22. The van der Waals surface area contributed by atoms with Gasteiger partial charge in [-0.2, -0.15) is 0 Å². The summed E-state index contributed by atoms with van der Waals surface area (Å²) in [6.45, 7) is 0.274. The van der Waals surface area contributed by atoms with E-state index in [1.54, 1.807) is 13.3 Å². The van der Waals surface area contributed by atoms with Crippen LogP contribution in [0.2, 0.25) is 0 Å². The van der Waals surface area contributed by atoms with E-state index in [2.05, 4.69) is 9.97 Å². The zero-order chi connectivity index (χ0) is 13.4. The number of carbonyl (C=O) groups is 1. The molecule has 5 nitrogen and oxygen atoms in total. The average molecular weight is 260 g/mol. The molecule has 0 spiro atoms. The van der Waals surface area contributed by atoms with Crippen molar-refractivity contribution in [1.82, 2.24) is 9.97 Å². The van der Waals surface area contributed by atoms with E-state index in [1.165, 1.54) is 17.7 Å². The summed E-state index contributed by atoms with van der Waals surface area (Å²) in [5.41, 5.74) is 4.18. The summed E-state index contributed by atoms with van der Waals surface area (Å²) in [4.78, 5) is 18.7. The number of carboxylic acid groups (broad SMARTS) is 1. The zero-order valence-electron chi connectivity index (χ0n) is 10.8. The maximum atomic E-state index is 11.3. The number of H-pyrrole nitrogens is 1. The summed E-state index contributed by atoms with van der Waals surface area (Å²) in [5, 5.41) is 10.3. The fourth-order valence-electron chi connectivity index (χ4n) is 2.94. The number of methoxy groups -OCH3 is 1. The molecule has 2 N–H and O–H groups in total. The first kappa shape index (κ1) is 12.2. The van der Waals surface area contributed by atoms with Crippen LogP contribution in [0.4, 0.5) is 0 Å². The van der Waals surface area contributed by atoms with E-state index < -0.39 is 5.97 Å². The van der Waals surface area contributed by atoms with Gasteiger partial charge in [0.15, 0.2) is 5.69 Å². The Morgan fingerprint density at radius 3 is 3.00 bits per heavy atom. The zero-order valence-corrected chi connectivity index (χ0v) is 10.8. The van der Waals surface area contributed by atoms with Gasteiger partial charge in [-0.3, -0.25) is 0 Å². The van der Waals surface area contributed by atoms with E-state index in [0.29, 0.717) is 5.56 Å². The first-order valence-corrected chi connectivity index (χ1v) is 6.46. The Labute approximate surface area is 110 Å². The molecule has 0 saturated carbocycles. The summed E-state index contributed by atoms with van der Waals surface area (Å²) in [6.07, 6.45) is 5.97. The molecule has 0 saturated heterocycles. The lowest BCUT2D eigenvalue weighted by Gasteiger charge is -2.12. The number of nitrogens with zero attached hydrogens (tertiary/aromatic N) is 1. The second-order valence-electron chi connectivity index (χ2n) is 4.90. The number of ether oxygens (including phenoxy) is 1. The molecule has 5 heteroatoms. The second kappa shape index (κ2) is 4.66. The van der Waals surface area contributed by atoms with Gasteiger partial charge < -0.3 is 14.8 Å². The van der Waals surface area contributed by atoms with Crippen LogP contribution in [0.15, 0.2) is 6.20 Å². The summed E-state index contributed by atoms with van der Waals surface area (Å²) in [6, 6.07) is 0. The molecule has 0 unspecified atom stereocenters. The molecule has 19 heavy (non-hydrogen) atoms. The van der Waals surface area contributed by atoms with Gasteiger partial charge in [0.1, 0.15) is 0 Å². The third kappa shape index (κ3) is 1.90. The van der Waals surface area contributed by atoms with Gasteiger partial charge in [-0.05, 0) is 31.2 Å². The predicted octanol–water partition coefficient (Wildman–Crippen LogP) is 2.29. The Bertz CT molecular complexity index is 646. The molecule has 0 aromatic carbocycles. The van der Waals surface area contributed by atoms with E-state index in [9.17, 15) is 9.90 Å². The van der Waals surface area contributed by atoms with Gasteiger partial charge in [0.05, 0.1) is 18.3 Å². The van der Waals surface area contributed by atoms with E-state index in [4.69, 9.17) is 4.74 Å². The molecular formula is C14H16N2O3. The maximum absolute atomic E-state index is 11.3. The number of hydrogen-bond donors (Lipinski definition) is 2. The Morgan fingerprint density at radius 2 is 2.26 bits per heavy atom. The molecule has 2 heterocycles. The van der Waals surface area contributed by atoms with E-state index >= 15 is 0 Å². The number of fused-ring (bicyclic) bond motifs is 3. The standard InChI is InChI=1S/C14H16N2O3/c1-19-7-9-12-8-4-2-3-5-10(8)16-11(12)6-15-13(9)14(17)18/h6,16H,2-5,7H2,1H3,(H,17,18). The van der Waals surface area contributed by atoms with Crippen molar-refractivity contribution < 1.29 is 14.6 Å². The van der Waals surface area contributed by atoms with Crippen LogP contribution in [-0.2, 0) is 24.2 Å². The molecule has 100 valence electrons. The van der Waals surface area contributed by atoms with Crippen molar-refractivity contribution >= 4 is 16.9 Å². The topological polar surface area (TPSA) is 75.2 Å². The fraction of sp³-hybridized carbons (Fsp3) is 0.429. The van der Waals surface area contributed by atoms with E-state index in [0.717, 1.165) is 30.2 Å². The van der Waals surface area contributed by atoms with Gasteiger partial charge in [0.25, 0.3) is 0 Å². The van der Waals surface area contributed by atoms with Gasteiger partial charge in [-0.25, -0.2) is 9.78 Å². The highest BCUT2D eigenvalue weighted by Crippen LogP contribution is 2.32. The number of rotatable bonds is 3. The number of pyridine rings is 1. The molecule has 0 aliphatic heterocycles. The summed E-state index contributed by atoms with van der Waals surface area (Å²) >= 11 is 0. The van der Waals surface area contributed by atoms with Crippen LogP contribution in [0.1, 0.15) is 40.2 Å². The summed E-state index contributed by atoms with van der Waals surface area (Å²) in [7, 11) is 1.57. The lowest BCUT2D eigenvalue weighted by Crippen LogP contribution is -2.08. The summed E-state index contributed by atoms with van der Waals surface area (Å²) < 4.78 is 5.17. The first-order valence-electron chi connectivity index (χ1n) is 6.46.